The van der Waals surface area contributed by atoms with Crippen LogP contribution in [0.4, 0.5) is 0 Å². The Hall–Kier alpha value is -6.46. The van der Waals surface area contributed by atoms with Crippen LogP contribution < -0.4 is 14.2 Å². The summed E-state index contributed by atoms with van der Waals surface area (Å²) in [6.45, 7) is 6.11. The molecule has 6 aromatic carbocycles. The predicted octanol–water partition coefficient (Wildman–Crippen LogP) is 11.9. The summed E-state index contributed by atoms with van der Waals surface area (Å²) in [5.41, 5.74) is 7.22. The van der Waals surface area contributed by atoms with E-state index in [4.69, 9.17) is 24.3 Å². The van der Waals surface area contributed by atoms with Crippen LogP contribution in [0.2, 0.25) is 0 Å². The summed E-state index contributed by atoms with van der Waals surface area (Å²) in [6, 6.07) is 54.6. The number of aryl methyl sites for hydroxylation is 2. The molecule has 270 valence electrons. The van der Waals surface area contributed by atoms with Crippen molar-refractivity contribution in [2.45, 2.75) is 20.8 Å². The first kappa shape index (κ1) is 35.6. The summed E-state index contributed by atoms with van der Waals surface area (Å²) in [5.74, 6) is 4.70. The van der Waals surface area contributed by atoms with Crippen molar-refractivity contribution in [2.24, 2.45) is 0 Å². The first-order chi connectivity index (χ1) is 26.5. The number of fused-ring (bicyclic) bond motifs is 3. The number of aromatic nitrogens is 4. The average molecular weight is 809 g/mol. The maximum Gasteiger partial charge on any atom is 2.00 e. The van der Waals surface area contributed by atoms with Crippen LogP contribution in [0.1, 0.15) is 17.0 Å². The molecule has 0 atom stereocenters. The number of nitrogens with zero attached hydrogens (tertiary/aromatic N) is 4. The maximum absolute atomic E-state index is 6.49. The van der Waals surface area contributed by atoms with E-state index in [-0.39, 0.29) is 20.4 Å². The standard InChI is InChI=1S/C47H34N4O3.Pd/c1-31-26-27-48-45(28-31)50-41-21-11-10-20-39(41)40-25-24-38(30-42(40)50)52-37-19-12-14-34(29-37)51-33(3)46(32(2)49-51)47-43(53-35-15-6-4-7-16-35)22-13-23-44(47)54-36-17-8-5-9-18-36;/h4-28H,1-3H3;/q-2;+2. The minimum atomic E-state index is 0. The molecule has 7 nitrogen and oxygen atoms in total. The summed E-state index contributed by atoms with van der Waals surface area (Å²) < 4.78 is 23.5. The number of benzene rings is 6. The van der Waals surface area contributed by atoms with E-state index in [1.807, 2.05) is 140 Å². The van der Waals surface area contributed by atoms with Crippen LogP contribution in [-0.4, -0.2) is 19.3 Å². The molecule has 0 amide bonds. The van der Waals surface area contributed by atoms with Gasteiger partial charge in [0.25, 0.3) is 0 Å². The van der Waals surface area contributed by atoms with Crippen molar-refractivity contribution in [3.8, 4) is 57.1 Å². The topological polar surface area (TPSA) is 63.3 Å². The van der Waals surface area contributed by atoms with Crippen LogP contribution in [0.3, 0.4) is 0 Å². The first-order valence-electron chi connectivity index (χ1n) is 17.7. The Morgan fingerprint density at radius 2 is 1.22 bits per heavy atom. The van der Waals surface area contributed by atoms with Gasteiger partial charge in [0, 0.05) is 34.5 Å². The van der Waals surface area contributed by atoms with Gasteiger partial charge in [0.05, 0.1) is 11.3 Å². The molecule has 3 heterocycles. The molecule has 3 aromatic heterocycles. The van der Waals surface area contributed by atoms with Crippen molar-refractivity contribution >= 4 is 21.8 Å². The van der Waals surface area contributed by atoms with Crippen LogP contribution in [0.5, 0.6) is 34.5 Å². The van der Waals surface area contributed by atoms with E-state index in [0.29, 0.717) is 23.0 Å². The third-order valence-electron chi connectivity index (χ3n) is 9.36. The van der Waals surface area contributed by atoms with Gasteiger partial charge in [-0.05, 0) is 92.0 Å². The zero-order chi connectivity index (χ0) is 36.6. The van der Waals surface area contributed by atoms with E-state index in [9.17, 15) is 0 Å². The van der Waals surface area contributed by atoms with Gasteiger partial charge < -0.3 is 18.8 Å². The molecule has 0 aliphatic carbocycles. The van der Waals surface area contributed by atoms with Gasteiger partial charge in [-0.1, -0.05) is 66.2 Å². The maximum atomic E-state index is 6.49. The summed E-state index contributed by atoms with van der Waals surface area (Å²) in [7, 11) is 0. The summed E-state index contributed by atoms with van der Waals surface area (Å²) in [4.78, 5) is 4.70. The molecule has 0 bridgehead atoms. The summed E-state index contributed by atoms with van der Waals surface area (Å²) in [5, 5.41) is 7.22. The molecule has 0 aliphatic rings. The third kappa shape index (κ3) is 6.90. The van der Waals surface area contributed by atoms with Gasteiger partial charge in [-0.15, -0.1) is 35.7 Å². The van der Waals surface area contributed by atoms with Gasteiger partial charge in [0.1, 0.15) is 28.8 Å². The molecule has 0 unspecified atom stereocenters. The SMILES string of the molecule is Cc1ccnc(-n2c3[c-]c(Oc4[c-]c(-n5nc(C)c(-c6c(Oc7ccccc7)cccc6Oc6ccccc6)c5C)ccc4)ccc3c3ccccc32)c1.[Pd+2]. The van der Waals surface area contributed by atoms with Gasteiger partial charge >= 0.3 is 20.4 Å². The molecule has 8 heteroatoms. The normalized spacial score (nSPS) is 11.0. The summed E-state index contributed by atoms with van der Waals surface area (Å²) in [6.07, 6.45) is 1.84. The van der Waals surface area contributed by atoms with E-state index >= 15 is 0 Å². The molecule has 0 spiro atoms. The van der Waals surface area contributed by atoms with Crippen molar-refractivity contribution in [2.75, 3.05) is 0 Å². The Kier molecular flexibility index (Phi) is 9.77. The Morgan fingerprint density at radius 3 is 1.93 bits per heavy atom. The van der Waals surface area contributed by atoms with Crippen molar-refractivity contribution in [3.63, 3.8) is 0 Å². The fraction of sp³-hybridized carbons (Fsp3) is 0.0638. The van der Waals surface area contributed by atoms with Crippen molar-refractivity contribution in [3.05, 3.63) is 181 Å². The van der Waals surface area contributed by atoms with Gasteiger partial charge in [0.2, 0.25) is 0 Å². The van der Waals surface area contributed by atoms with E-state index in [2.05, 4.69) is 54.0 Å². The summed E-state index contributed by atoms with van der Waals surface area (Å²) >= 11 is 0. The molecule has 9 rings (SSSR count). The second-order valence-electron chi connectivity index (χ2n) is 13.0. The number of para-hydroxylation sites is 3. The number of rotatable bonds is 9. The van der Waals surface area contributed by atoms with Gasteiger partial charge in [-0.3, -0.25) is 4.68 Å². The van der Waals surface area contributed by atoms with Gasteiger partial charge in [-0.25, -0.2) is 4.98 Å². The smallest absolute Gasteiger partial charge is 0.509 e. The van der Waals surface area contributed by atoms with Gasteiger partial charge in [0.15, 0.2) is 0 Å². The van der Waals surface area contributed by atoms with Gasteiger partial charge in [-0.2, -0.15) is 17.2 Å². The number of hydrogen-bond acceptors (Lipinski definition) is 5. The van der Waals surface area contributed by atoms with Crippen LogP contribution in [0.15, 0.2) is 152 Å². The van der Waals surface area contributed by atoms with E-state index in [1.54, 1.807) is 0 Å². The van der Waals surface area contributed by atoms with Crippen molar-refractivity contribution < 1.29 is 34.6 Å². The zero-order valence-corrected chi connectivity index (χ0v) is 31.8. The average Bonchev–Trinajstić information content (AvgIpc) is 3.68. The molecule has 0 saturated carbocycles. The second kappa shape index (κ2) is 15.1. The Bertz CT molecular complexity index is 2730. The number of ether oxygens (including phenoxy) is 3. The van der Waals surface area contributed by atoms with Crippen molar-refractivity contribution in [1.82, 2.24) is 19.3 Å². The third-order valence-corrected chi connectivity index (χ3v) is 9.36. The van der Waals surface area contributed by atoms with Crippen LogP contribution in [-0.2, 0) is 20.4 Å². The molecule has 0 aliphatic heterocycles. The fourth-order valence-electron chi connectivity index (χ4n) is 6.95. The molecule has 0 N–H and O–H groups in total. The van der Waals surface area contributed by atoms with E-state index < -0.39 is 0 Å². The Balaban J connectivity index is 0.00000427. The van der Waals surface area contributed by atoms with E-state index in [0.717, 1.165) is 72.9 Å². The van der Waals surface area contributed by atoms with Crippen molar-refractivity contribution in [1.29, 1.82) is 0 Å². The minimum Gasteiger partial charge on any atom is -0.509 e. The molecular formula is C47H34N4O3Pd. The Morgan fingerprint density at radius 1 is 0.564 bits per heavy atom. The van der Waals surface area contributed by atoms with Crippen LogP contribution >= 0.6 is 0 Å². The number of pyridine rings is 1. The quantitative estimate of drug-likeness (QED) is 0.107. The zero-order valence-electron chi connectivity index (χ0n) is 30.3. The fourth-order valence-corrected chi connectivity index (χ4v) is 6.95. The van der Waals surface area contributed by atoms with E-state index in [1.165, 1.54) is 0 Å². The molecule has 9 aromatic rings. The minimum absolute atomic E-state index is 0. The van der Waals surface area contributed by atoms with Crippen LogP contribution in [0, 0.1) is 32.9 Å². The molecular weight excluding hydrogens is 775 g/mol. The first-order valence-corrected chi connectivity index (χ1v) is 17.7. The second-order valence-corrected chi connectivity index (χ2v) is 13.0. The monoisotopic (exact) mass is 808 g/mol. The number of hydrogen-bond donors (Lipinski definition) is 0. The van der Waals surface area contributed by atoms with Crippen LogP contribution in [0.25, 0.3) is 44.4 Å². The molecule has 0 fully saturated rings. The molecule has 0 radical (unpaired) electrons. The molecule has 55 heavy (non-hydrogen) atoms. The molecule has 0 saturated heterocycles. The Labute approximate surface area is 333 Å². The predicted molar refractivity (Wildman–Crippen MR) is 213 cm³/mol. The largest absolute Gasteiger partial charge is 2.00 e.